The maximum Gasteiger partial charge on any atom is 0.291 e. The number of hydrogen-bond donors (Lipinski definition) is 2. The van der Waals surface area contributed by atoms with Crippen molar-refractivity contribution in [2.24, 2.45) is 0 Å². The molecule has 2 N–H and O–H groups in total. The third-order valence-corrected chi connectivity index (χ3v) is 4.37. The zero-order chi connectivity index (χ0) is 17.5. The van der Waals surface area contributed by atoms with E-state index in [2.05, 4.69) is 16.0 Å². The smallest absolute Gasteiger partial charge is 0.291 e. The van der Waals surface area contributed by atoms with Gasteiger partial charge in [0, 0.05) is 18.7 Å². The second-order valence-electron chi connectivity index (χ2n) is 5.54. The molecule has 0 saturated carbocycles. The minimum atomic E-state index is -0.304. The van der Waals surface area contributed by atoms with Crippen LogP contribution in [0.25, 0.3) is 0 Å². The van der Waals surface area contributed by atoms with Crippen molar-refractivity contribution < 1.29 is 14.0 Å². The molecule has 2 amide bonds. The minimum Gasteiger partial charge on any atom is -0.459 e. The molecule has 0 aliphatic heterocycles. The van der Waals surface area contributed by atoms with Crippen LogP contribution in [0.2, 0.25) is 0 Å². The normalized spacial score (nSPS) is 10.4. The third kappa shape index (κ3) is 5.06. The Bertz CT molecular complexity index is 826. The maximum atomic E-state index is 12.0. The van der Waals surface area contributed by atoms with E-state index in [4.69, 9.17) is 4.42 Å². The highest BCUT2D eigenvalue weighted by atomic mass is 32.1. The summed E-state index contributed by atoms with van der Waals surface area (Å²) >= 11 is 1.63. The third-order valence-electron chi connectivity index (χ3n) is 3.64. The monoisotopic (exact) mass is 354 g/mol. The highest BCUT2D eigenvalue weighted by Crippen LogP contribution is 2.13. The summed E-state index contributed by atoms with van der Waals surface area (Å²) < 4.78 is 5.07. The standard InChI is InChI=1S/C19H18N2O3S/c22-18(7-6-14-8-10-25-13-14)20-12-15-3-1-4-16(11-15)21-19(23)17-5-2-9-24-17/h1-5,8-11,13H,6-7,12H2,(H,20,22)(H,21,23). The van der Waals surface area contributed by atoms with E-state index < -0.39 is 0 Å². The van der Waals surface area contributed by atoms with Gasteiger partial charge in [-0.25, -0.2) is 0 Å². The minimum absolute atomic E-state index is 0.0104. The highest BCUT2D eigenvalue weighted by Gasteiger charge is 2.09. The molecule has 0 fully saturated rings. The van der Waals surface area contributed by atoms with Gasteiger partial charge >= 0.3 is 0 Å². The van der Waals surface area contributed by atoms with Crippen molar-refractivity contribution in [3.05, 3.63) is 76.4 Å². The lowest BCUT2D eigenvalue weighted by molar-refractivity contribution is -0.121. The summed E-state index contributed by atoms with van der Waals surface area (Å²) in [5, 5.41) is 9.74. The molecular weight excluding hydrogens is 336 g/mol. The van der Waals surface area contributed by atoms with E-state index in [-0.39, 0.29) is 17.6 Å². The molecule has 0 bridgehead atoms. The predicted octanol–water partition coefficient (Wildman–Crippen LogP) is 3.84. The summed E-state index contributed by atoms with van der Waals surface area (Å²) in [5.41, 5.74) is 2.76. The molecule has 5 nitrogen and oxygen atoms in total. The molecule has 1 aromatic carbocycles. The van der Waals surface area contributed by atoms with Gasteiger partial charge in [0.1, 0.15) is 0 Å². The Morgan fingerprint density at radius 3 is 2.76 bits per heavy atom. The van der Waals surface area contributed by atoms with E-state index >= 15 is 0 Å². The summed E-state index contributed by atoms with van der Waals surface area (Å²) in [6.45, 7) is 0.424. The summed E-state index contributed by atoms with van der Waals surface area (Å²) in [7, 11) is 0. The number of rotatable bonds is 7. The first-order valence-corrected chi connectivity index (χ1v) is 8.86. The Kier molecular flexibility index (Phi) is 5.64. The Morgan fingerprint density at radius 1 is 1.08 bits per heavy atom. The molecule has 0 radical (unpaired) electrons. The topological polar surface area (TPSA) is 71.3 Å². The number of nitrogens with one attached hydrogen (secondary N) is 2. The van der Waals surface area contributed by atoms with Gasteiger partial charge in [0.05, 0.1) is 6.26 Å². The fourth-order valence-corrected chi connectivity index (χ4v) is 3.04. The molecule has 0 aliphatic rings. The van der Waals surface area contributed by atoms with Gasteiger partial charge in [-0.15, -0.1) is 0 Å². The molecule has 2 aromatic heterocycles. The van der Waals surface area contributed by atoms with Crippen molar-refractivity contribution in [3.8, 4) is 0 Å². The summed E-state index contributed by atoms with van der Waals surface area (Å²) in [5.74, 6) is -0.0368. The molecule has 0 atom stereocenters. The van der Waals surface area contributed by atoms with Crippen LogP contribution < -0.4 is 10.6 Å². The van der Waals surface area contributed by atoms with Crippen LogP contribution in [0.3, 0.4) is 0 Å². The summed E-state index contributed by atoms with van der Waals surface area (Å²) in [6, 6.07) is 12.7. The van der Waals surface area contributed by atoms with Crippen molar-refractivity contribution in [1.82, 2.24) is 5.32 Å². The lowest BCUT2D eigenvalue weighted by Crippen LogP contribution is -2.23. The van der Waals surface area contributed by atoms with Crippen LogP contribution >= 0.6 is 11.3 Å². The number of hydrogen-bond acceptors (Lipinski definition) is 4. The van der Waals surface area contributed by atoms with Gasteiger partial charge in [-0.2, -0.15) is 11.3 Å². The molecule has 25 heavy (non-hydrogen) atoms. The molecule has 128 valence electrons. The second kappa shape index (κ2) is 8.30. The molecule has 0 saturated heterocycles. The summed E-state index contributed by atoms with van der Waals surface area (Å²) in [4.78, 5) is 23.9. The zero-order valence-electron chi connectivity index (χ0n) is 13.5. The molecular formula is C19H18N2O3S. The first kappa shape index (κ1) is 17.0. The number of carbonyl (C=O) groups is 2. The molecule has 2 heterocycles. The van der Waals surface area contributed by atoms with Gasteiger partial charge in [0.2, 0.25) is 5.91 Å². The quantitative estimate of drug-likeness (QED) is 0.677. The van der Waals surface area contributed by atoms with Crippen molar-refractivity contribution in [2.45, 2.75) is 19.4 Å². The maximum absolute atomic E-state index is 12.0. The average molecular weight is 354 g/mol. The molecule has 3 aromatic rings. The lowest BCUT2D eigenvalue weighted by atomic mass is 10.1. The van der Waals surface area contributed by atoms with E-state index in [9.17, 15) is 9.59 Å². The number of anilines is 1. The van der Waals surface area contributed by atoms with Crippen LogP contribution in [0.1, 0.15) is 28.1 Å². The number of thiophene rings is 1. The van der Waals surface area contributed by atoms with Crippen LogP contribution in [-0.2, 0) is 17.8 Å². The van der Waals surface area contributed by atoms with Gasteiger partial charge in [-0.3, -0.25) is 9.59 Å². The fourth-order valence-electron chi connectivity index (χ4n) is 2.34. The second-order valence-corrected chi connectivity index (χ2v) is 6.32. The van der Waals surface area contributed by atoms with E-state index in [1.54, 1.807) is 29.5 Å². The lowest BCUT2D eigenvalue weighted by Gasteiger charge is -2.08. The fraction of sp³-hybridized carbons (Fsp3) is 0.158. The Balaban J connectivity index is 1.49. The largest absolute Gasteiger partial charge is 0.459 e. The molecule has 0 aliphatic carbocycles. The van der Waals surface area contributed by atoms with E-state index in [1.807, 2.05) is 29.6 Å². The van der Waals surface area contributed by atoms with Crippen LogP contribution in [0, 0.1) is 0 Å². The van der Waals surface area contributed by atoms with Gasteiger partial charge in [-0.1, -0.05) is 12.1 Å². The molecule has 6 heteroatoms. The first-order chi connectivity index (χ1) is 12.2. The number of benzene rings is 1. The van der Waals surface area contributed by atoms with Crippen LogP contribution in [0.4, 0.5) is 5.69 Å². The van der Waals surface area contributed by atoms with Crippen molar-refractivity contribution in [3.63, 3.8) is 0 Å². The Hall–Kier alpha value is -2.86. The molecule has 0 spiro atoms. The predicted molar refractivity (Wildman–Crippen MR) is 97.6 cm³/mol. The number of amides is 2. The van der Waals surface area contributed by atoms with Crippen molar-refractivity contribution in [1.29, 1.82) is 0 Å². The van der Waals surface area contributed by atoms with E-state index in [0.29, 0.717) is 18.7 Å². The SMILES string of the molecule is O=C(CCc1ccsc1)NCc1cccc(NC(=O)c2ccco2)c1. The Labute approximate surface area is 149 Å². The molecule has 0 unspecified atom stereocenters. The van der Waals surface area contributed by atoms with Crippen LogP contribution in [0.15, 0.2) is 63.9 Å². The van der Waals surface area contributed by atoms with Crippen LogP contribution in [-0.4, -0.2) is 11.8 Å². The van der Waals surface area contributed by atoms with Gasteiger partial charge < -0.3 is 15.1 Å². The van der Waals surface area contributed by atoms with E-state index in [1.165, 1.54) is 11.8 Å². The van der Waals surface area contributed by atoms with Crippen molar-refractivity contribution >= 4 is 28.8 Å². The highest BCUT2D eigenvalue weighted by molar-refractivity contribution is 7.07. The molecule has 3 rings (SSSR count). The first-order valence-electron chi connectivity index (χ1n) is 7.92. The van der Waals surface area contributed by atoms with Gasteiger partial charge in [-0.05, 0) is 58.6 Å². The number of aryl methyl sites for hydroxylation is 1. The van der Waals surface area contributed by atoms with Gasteiger partial charge in [0.15, 0.2) is 5.76 Å². The van der Waals surface area contributed by atoms with Crippen LogP contribution in [0.5, 0.6) is 0 Å². The summed E-state index contributed by atoms with van der Waals surface area (Å²) in [6.07, 6.45) is 2.66. The average Bonchev–Trinajstić information content (AvgIpc) is 3.32. The van der Waals surface area contributed by atoms with Crippen molar-refractivity contribution in [2.75, 3.05) is 5.32 Å². The zero-order valence-corrected chi connectivity index (χ0v) is 14.3. The van der Waals surface area contributed by atoms with E-state index in [0.717, 1.165) is 12.0 Å². The number of carbonyl (C=O) groups excluding carboxylic acids is 2. The van der Waals surface area contributed by atoms with Gasteiger partial charge in [0.25, 0.3) is 5.91 Å². The Morgan fingerprint density at radius 2 is 2.00 bits per heavy atom. The number of furan rings is 1.